The number of aryl methyl sites for hydroxylation is 2. The van der Waals surface area contributed by atoms with Gasteiger partial charge in [-0.05, 0) is 36.6 Å². The van der Waals surface area contributed by atoms with Crippen molar-refractivity contribution in [2.24, 2.45) is 0 Å². The zero-order chi connectivity index (χ0) is 16.9. The minimum Gasteiger partial charge on any atom is -0.340 e. The number of rotatable bonds is 5. The number of pyridine rings is 1. The molecular weight excluding hydrogens is 318 g/mol. The molecule has 0 aliphatic rings. The highest BCUT2D eigenvalue weighted by molar-refractivity contribution is 7.13. The molecule has 0 saturated heterocycles. The monoisotopic (exact) mass is 337 g/mol. The van der Waals surface area contributed by atoms with E-state index in [9.17, 15) is 4.79 Å². The Labute approximate surface area is 145 Å². The molecule has 1 amide bonds. The number of hydrogen-bond donors (Lipinski definition) is 1. The van der Waals surface area contributed by atoms with Gasteiger partial charge >= 0.3 is 0 Å². The molecule has 0 bridgehead atoms. The van der Waals surface area contributed by atoms with Crippen LogP contribution in [0.5, 0.6) is 0 Å². The average molecular weight is 337 g/mol. The first-order valence-electron chi connectivity index (χ1n) is 7.91. The first-order chi connectivity index (χ1) is 11.7. The van der Waals surface area contributed by atoms with Crippen LogP contribution in [0.2, 0.25) is 0 Å². The lowest BCUT2D eigenvalue weighted by Gasteiger charge is -2.19. The molecule has 0 fully saturated rings. The van der Waals surface area contributed by atoms with E-state index in [-0.39, 0.29) is 11.9 Å². The molecule has 0 spiro atoms. The number of amides is 1. The van der Waals surface area contributed by atoms with E-state index in [4.69, 9.17) is 0 Å². The first kappa shape index (κ1) is 16.3. The second-order valence-corrected chi connectivity index (χ2v) is 6.66. The van der Waals surface area contributed by atoms with Crippen LogP contribution < -0.4 is 5.32 Å². The predicted octanol–water partition coefficient (Wildman–Crippen LogP) is 3.93. The van der Waals surface area contributed by atoms with E-state index < -0.39 is 0 Å². The van der Waals surface area contributed by atoms with E-state index in [0.29, 0.717) is 4.88 Å². The molecule has 0 saturated carbocycles. The van der Waals surface area contributed by atoms with Gasteiger partial charge in [0.05, 0.1) is 16.7 Å². The maximum absolute atomic E-state index is 12.8. The molecule has 0 unspecified atom stereocenters. The predicted molar refractivity (Wildman–Crippen MR) is 96.2 cm³/mol. The van der Waals surface area contributed by atoms with Crippen molar-refractivity contribution in [2.45, 2.75) is 26.3 Å². The Kier molecular flexibility index (Phi) is 5.01. The Morgan fingerprint density at radius 1 is 1.12 bits per heavy atom. The molecule has 24 heavy (non-hydrogen) atoms. The molecule has 2 heterocycles. The van der Waals surface area contributed by atoms with Crippen LogP contribution in [0.1, 0.15) is 44.5 Å². The molecule has 1 N–H and O–H groups in total. The highest BCUT2D eigenvalue weighted by Crippen LogP contribution is 2.24. The normalized spacial score (nSPS) is 11.9. The number of carbonyl (C=O) groups excluding carboxylic acids is 1. The van der Waals surface area contributed by atoms with Crippen LogP contribution >= 0.6 is 11.3 Å². The third kappa shape index (κ3) is 3.51. The van der Waals surface area contributed by atoms with Crippen molar-refractivity contribution in [3.63, 3.8) is 0 Å². The summed E-state index contributed by atoms with van der Waals surface area (Å²) in [4.78, 5) is 22.1. The topological polar surface area (TPSA) is 54.9 Å². The summed E-state index contributed by atoms with van der Waals surface area (Å²) in [5.41, 5.74) is 2.90. The maximum Gasteiger partial charge on any atom is 0.264 e. The third-order valence-corrected chi connectivity index (χ3v) is 4.81. The highest BCUT2D eigenvalue weighted by Gasteiger charge is 2.21. The molecule has 0 aliphatic carbocycles. The number of aromatic nitrogens is 2. The maximum atomic E-state index is 12.8. The minimum absolute atomic E-state index is 0.0804. The fraction of sp³-hybridized carbons (Fsp3) is 0.211. The summed E-state index contributed by atoms with van der Waals surface area (Å²) >= 11 is 1.44. The number of benzene rings is 1. The quantitative estimate of drug-likeness (QED) is 0.767. The van der Waals surface area contributed by atoms with Gasteiger partial charge in [0.2, 0.25) is 0 Å². The number of nitrogens with zero attached hydrogens (tertiary/aromatic N) is 2. The van der Waals surface area contributed by atoms with E-state index in [1.807, 2.05) is 56.3 Å². The van der Waals surface area contributed by atoms with Gasteiger partial charge < -0.3 is 5.32 Å². The largest absolute Gasteiger partial charge is 0.340 e. The van der Waals surface area contributed by atoms with Crippen LogP contribution in [0.4, 0.5) is 0 Å². The van der Waals surface area contributed by atoms with Crippen molar-refractivity contribution in [2.75, 3.05) is 0 Å². The van der Waals surface area contributed by atoms with Crippen LogP contribution in [0.15, 0.2) is 54.9 Å². The van der Waals surface area contributed by atoms with Crippen LogP contribution in [0.3, 0.4) is 0 Å². The fourth-order valence-corrected chi connectivity index (χ4v) is 3.56. The van der Waals surface area contributed by atoms with Gasteiger partial charge in [0, 0.05) is 12.4 Å². The Hall–Kier alpha value is -2.53. The molecular formula is C19H19N3OS. The molecule has 122 valence electrons. The SMILES string of the molecule is CCc1nc(C)sc1C(=O)N[C@@H](c1ccccc1)c1ccncc1. The first-order valence-corrected chi connectivity index (χ1v) is 8.72. The Bertz CT molecular complexity index is 776. The zero-order valence-corrected chi connectivity index (χ0v) is 14.5. The van der Waals surface area contributed by atoms with Gasteiger partial charge in [-0.15, -0.1) is 11.3 Å². The van der Waals surface area contributed by atoms with Gasteiger partial charge in [-0.25, -0.2) is 4.98 Å². The summed E-state index contributed by atoms with van der Waals surface area (Å²) in [6.45, 7) is 3.95. The van der Waals surface area contributed by atoms with Gasteiger partial charge in [-0.1, -0.05) is 37.3 Å². The summed E-state index contributed by atoms with van der Waals surface area (Å²) in [6, 6.07) is 13.6. The molecule has 3 rings (SSSR count). The van der Waals surface area contributed by atoms with Crippen LogP contribution in [-0.2, 0) is 6.42 Å². The number of carbonyl (C=O) groups is 1. The number of hydrogen-bond acceptors (Lipinski definition) is 4. The van der Waals surface area contributed by atoms with Gasteiger partial charge in [0.15, 0.2) is 0 Å². The van der Waals surface area contributed by atoms with Gasteiger partial charge in [0.1, 0.15) is 4.88 Å². The van der Waals surface area contributed by atoms with Gasteiger partial charge in [0.25, 0.3) is 5.91 Å². The average Bonchev–Trinajstić information content (AvgIpc) is 3.02. The van der Waals surface area contributed by atoms with Crippen LogP contribution in [0, 0.1) is 6.92 Å². The smallest absolute Gasteiger partial charge is 0.264 e. The van der Waals surface area contributed by atoms with Gasteiger partial charge in [-0.2, -0.15) is 0 Å². The van der Waals surface area contributed by atoms with Crippen molar-refractivity contribution >= 4 is 17.2 Å². The van der Waals surface area contributed by atoms with Crippen molar-refractivity contribution in [1.82, 2.24) is 15.3 Å². The third-order valence-electron chi connectivity index (χ3n) is 3.79. The summed E-state index contributed by atoms with van der Waals surface area (Å²) < 4.78 is 0. The second kappa shape index (κ2) is 7.36. The van der Waals surface area contributed by atoms with E-state index in [0.717, 1.165) is 28.2 Å². The lowest BCUT2D eigenvalue weighted by atomic mass is 9.99. The summed E-state index contributed by atoms with van der Waals surface area (Å²) in [6.07, 6.45) is 4.23. The molecule has 0 radical (unpaired) electrons. The molecule has 3 aromatic rings. The number of thiazole rings is 1. The van der Waals surface area contributed by atoms with E-state index in [1.54, 1.807) is 12.4 Å². The van der Waals surface area contributed by atoms with Gasteiger partial charge in [-0.3, -0.25) is 9.78 Å². The second-order valence-electron chi connectivity index (χ2n) is 5.46. The standard InChI is InChI=1S/C19H19N3OS/c1-3-16-18(24-13(2)21-16)19(23)22-17(14-7-5-4-6-8-14)15-9-11-20-12-10-15/h4-12,17H,3H2,1-2H3,(H,22,23)/t17-/m0/s1. The van der Waals surface area contributed by atoms with E-state index in [1.165, 1.54) is 11.3 Å². The summed E-state index contributed by atoms with van der Waals surface area (Å²) in [5.74, 6) is -0.0804. The molecule has 2 aromatic heterocycles. The summed E-state index contributed by atoms with van der Waals surface area (Å²) in [5, 5.41) is 4.07. The van der Waals surface area contributed by atoms with Crippen LogP contribution in [-0.4, -0.2) is 15.9 Å². The fourth-order valence-electron chi connectivity index (χ4n) is 2.64. The molecule has 1 atom stereocenters. The number of nitrogens with one attached hydrogen (secondary N) is 1. The Morgan fingerprint density at radius 3 is 2.46 bits per heavy atom. The molecule has 1 aromatic carbocycles. The zero-order valence-electron chi connectivity index (χ0n) is 13.7. The van der Waals surface area contributed by atoms with E-state index in [2.05, 4.69) is 15.3 Å². The van der Waals surface area contributed by atoms with Crippen molar-refractivity contribution < 1.29 is 4.79 Å². The van der Waals surface area contributed by atoms with Crippen molar-refractivity contribution in [3.8, 4) is 0 Å². The summed E-state index contributed by atoms with van der Waals surface area (Å²) in [7, 11) is 0. The Morgan fingerprint density at radius 2 is 1.79 bits per heavy atom. The Balaban J connectivity index is 1.94. The minimum atomic E-state index is -0.214. The van der Waals surface area contributed by atoms with E-state index >= 15 is 0 Å². The molecule has 4 nitrogen and oxygen atoms in total. The van der Waals surface area contributed by atoms with Crippen molar-refractivity contribution in [3.05, 3.63) is 81.6 Å². The molecule has 0 aliphatic heterocycles. The lowest BCUT2D eigenvalue weighted by Crippen LogP contribution is -2.29. The van der Waals surface area contributed by atoms with Crippen LogP contribution in [0.25, 0.3) is 0 Å². The molecule has 5 heteroatoms. The lowest BCUT2D eigenvalue weighted by molar-refractivity contribution is 0.0946. The highest BCUT2D eigenvalue weighted by atomic mass is 32.1. The van der Waals surface area contributed by atoms with Crippen molar-refractivity contribution in [1.29, 1.82) is 0 Å².